The van der Waals surface area contributed by atoms with Crippen LogP contribution in [0.1, 0.15) is 19.8 Å². The van der Waals surface area contributed by atoms with E-state index in [0.717, 1.165) is 24.3 Å². The van der Waals surface area contributed by atoms with E-state index in [1.807, 2.05) is 31.2 Å². The second kappa shape index (κ2) is 8.43. The standard InChI is InChI=1S/C18H22N4O3/c1-2-25-15-5-3-14(4-6-15)19-16-7-8-17(22-21-16)20-18(23)13-9-11-24-12-10-13/h3-8,13H,2,9-12H2,1H3,(H,19,21)(H,20,22,23). The Balaban J connectivity index is 1.55. The summed E-state index contributed by atoms with van der Waals surface area (Å²) in [4.78, 5) is 12.2. The van der Waals surface area contributed by atoms with E-state index < -0.39 is 0 Å². The van der Waals surface area contributed by atoms with Gasteiger partial charge >= 0.3 is 0 Å². The first-order valence-electron chi connectivity index (χ1n) is 8.47. The molecule has 1 saturated heterocycles. The van der Waals surface area contributed by atoms with Crippen LogP contribution in [-0.2, 0) is 9.53 Å². The first-order chi connectivity index (χ1) is 12.2. The molecule has 1 amide bonds. The summed E-state index contributed by atoms with van der Waals surface area (Å²) in [6, 6.07) is 11.1. The van der Waals surface area contributed by atoms with Crippen molar-refractivity contribution in [2.75, 3.05) is 30.5 Å². The van der Waals surface area contributed by atoms with E-state index in [4.69, 9.17) is 9.47 Å². The molecule has 0 unspecified atom stereocenters. The van der Waals surface area contributed by atoms with Crippen LogP contribution in [0.4, 0.5) is 17.3 Å². The highest BCUT2D eigenvalue weighted by Crippen LogP contribution is 2.20. The van der Waals surface area contributed by atoms with Gasteiger partial charge in [-0.25, -0.2) is 0 Å². The van der Waals surface area contributed by atoms with Gasteiger partial charge < -0.3 is 20.1 Å². The topological polar surface area (TPSA) is 85.4 Å². The molecule has 132 valence electrons. The predicted molar refractivity (Wildman–Crippen MR) is 95.1 cm³/mol. The lowest BCUT2D eigenvalue weighted by Crippen LogP contribution is -2.28. The molecule has 0 aliphatic carbocycles. The highest BCUT2D eigenvalue weighted by Gasteiger charge is 2.21. The second-order valence-electron chi connectivity index (χ2n) is 5.76. The number of nitrogens with one attached hydrogen (secondary N) is 2. The van der Waals surface area contributed by atoms with Gasteiger partial charge in [0.1, 0.15) is 5.75 Å². The van der Waals surface area contributed by atoms with Crippen molar-refractivity contribution in [1.29, 1.82) is 0 Å². The van der Waals surface area contributed by atoms with Gasteiger partial charge in [-0.1, -0.05) is 0 Å². The number of carbonyl (C=O) groups is 1. The van der Waals surface area contributed by atoms with Crippen molar-refractivity contribution in [3.8, 4) is 5.75 Å². The maximum atomic E-state index is 12.2. The quantitative estimate of drug-likeness (QED) is 0.839. The van der Waals surface area contributed by atoms with E-state index in [9.17, 15) is 4.79 Å². The van der Waals surface area contributed by atoms with E-state index in [0.29, 0.717) is 31.5 Å². The van der Waals surface area contributed by atoms with Crippen LogP contribution in [0.5, 0.6) is 5.75 Å². The SMILES string of the molecule is CCOc1ccc(Nc2ccc(NC(=O)C3CCOCC3)nn2)cc1. The summed E-state index contributed by atoms with van der Waals surface area (Å²) >= 11 is 0. The predicted octanol–water partition coefficient (Wildman–Crippen LogP) is 2.98. The molecular weight excluding hydrogens is 320 g/mol. The van der Waals surface area contributed by atoms with Crippen molar-refractivity contribution in [3.63, 3.8) is 0 Å². The lowest BCUT2D eigenvalue weighted by molar-refractivity contribution is -0.122. The molecule has 3 rings (SSSR count). The average Bonchev–Trinajstić information content (AvgIpc) is 2.66. The summed E-state index contributed by atoms with van der Waals surface area (Å²) < 4.78 is 10.7. The Morgan fingerprint density at radius 1 is 1.12 bits per heavy atom. The molecule has 2 heterocycles. The molecule has 25 heavy (non-hydrogen) atoms. The summed E-state index contributed by atoms with van der Waals surface area (Å²) in [5, 5.41) is 14.1. The number of ether oxygens (including phenoxy) is 2. The van der Waals surface area contributed by atoms with Crippen molar-refractivity contribution in [1.82, 2.24) is 10.2 Å². The Bertz CT molecular complexity index is 682. The van der Waals surface area contributed by atoms with Gasteiger partial charge in [-0.15, -0.1) is 10.2 Å². The number of amides is 1. The molecule has 1 aromatic heterocycles. The minimum Gasteiger partial charge on any atom is -0.494 e. The first kappa shape index (κ1) is 17.2. The third-order valence-electron chi connectivity index (χ3n) is 3.95. The number of hydrogen-bond donors (Lipinski definition) is 2. The molecule has 2 N–H and O–H groups in total. The van der Waals surface area contributed by atoms with Crippen molar-refractivity contribution in [3.05, 3.63) is 36.4 Å². The Hall–Kier alpha value is -2.67. The minimum atomic E-state index is -0.0233. The summed E-state index contributed by atoms with van der Waals surface area (Å²) in [7, 11) is 0. The Labute approximate surface area is 146 Å². The maximum Gasteiger partial charge on any atom is 0.228 e. The fraction of sp³-hybridized carbons (Fsp3) is 0.389. The van der Waals surface area contributed by atoms with Crippen LogP contribution in [0.2, 0.25) is 0 Å². The number of rotatable bonds is 6. The highest BCUT2D eigenvalue weighted by atomic mass is 16.5. The Morgan fingerprint density at radius 2 is 1.80 bits per heavy atom. The van der Waals surface area contributed by atoms with Crippen molar-refractivity contribution < 1.29 is 14.3 Å². The molecule has 2 aromatic rings. The number of carbonyl (C=O) groups excluding carboxylic acids is 1. The van der Waals surface area contributed by atoms with E-state index in [1.165, 1.54) is 0 Å². The van der Waals surface area contributed by atoms with Gasteiger partial charge in [0, 0.05) is 24.8 Å². The molecule has 0 atom stereocenters. The summed E-state index contributed by atoms with van der Waals surface area (Å²) in [6.07, 6.45) is 1.49. The monoisotopic (exact) mass is 342 g/mol. The van der Waals surface area contributed by atoms with Crippen LogP contribution in [0.15, 0.2) is 36.4 Å². The zero-order valence-corrected chi connectivity index (χ0v) is 14.2. The molecule has 1 fully saturated rings. The molecule has 0 spiro atoms. The molecule has 1 aromatic carbocycles. The van der Waals surface area contributed by atoms with Crippen LogP contribution in [0.3, 0.4) is 0 Å². The van der Waals surface area contributed by atoms with Gasteiger partial charge in [-0.3, -0.25) is 4.79 Å². The van der Waals surface area contributed by atoms with E-state index in [2.05, 4.69) is 20.8 Å². The molecule has 0 saturated carbocycles. The maximum absolute atomic E-state index is 12.2. The number of anilines is 3. The number of nitrogens with zero attached hydrogens (tertiary/aromatic N) is 2. The van der Waals surface area contributed by atoms with Gasteiger partial charge in [0.15, 0.2) is 11.6 Å². The fourth-order valence-electron chi connectivity index (χ4n) is 2.60. The van der Waals surface area contributed by atoms with E-state index in [-0.39, 0.29) is 11.8 Å². The number of hydrogen-bond acceptors (Lipinski definition) is 6. The Kier molecular flexibility index (Phi) is 5.79. The number of benzene rings is 1. The normalized spacial score (nSPS) is 14.8. The van der Waals surface area contributed by atoms with Crippen LogP contribution >= 0.6 is 0 Å². The van der Waals surface area contributed by atoms with Crippen LogP contribution in [0.25, 0.3) is 0 Å². The van der Waals surface area contributed by atoms with Crippen LogP contribution < -0.4 is 15.4 Å². The Morgan fingerprint density at radius 3 is 2.44 bits per heavy atom. The van der Waals surface area contributed by atoms with Crippen LogP contribution in [-0.4, -0.2) is 35.9 Å². The molecule has 1 aliphatic rings. The highest BCUT2D eigenvalue weighted by molar-refractivity contribution is 5.91. The first-order valence-corrected chi connectivity index (χ1v) is 8.47. The second-order valence-corrected chi connectivity index (χ2v) is 5.76. The summed E-state index contributed by atoms with van der Waals surface area (Å²) in [6.45, 7) is 3.85. The van der Waals surface area contributed by atoms with Gasteiger partial charge in [0.2, 0.25) is 5.91 Å². The smallest absolute Gasteiger partial charge is 0.228 e. The third kappa shape index (κ3) is 4.90. The van der Waals surface area contributed by atoms with Crippen molar-refractivity contribution in [2.24, 2.45) is 5.92 Å². The van der Waals surface area contributed by atoms with Crippen LogP contribution in [0, 0.1) is 5.92 Å². The van der Waals surface area contributed by atoms with Gasteiger partial charge in [-0.05, 0) is 56.2 Å². The van der Waals surface area contributed by atoms with Gasteiger partial charge in [-0.2, -0.15) is 0 Å². The molecule has 7 nitrogen and oxygen atoms in total. The summed E-state index contributed by atoms with van der Waals surface area (Å²) in [5.41, 5.74) is 0.886. The molecular formula is C18H22N4O3. The fourth-order valence-corrected chi connectivity index (χ4v) is 2.60. The zero-order valence-electron chi connectivity index (χ0n) is 14.2. The minimum absolute atomic E-state index is 0.0165. The van der Waals surface area contributed by atoms with Crippen molar-refractivity contribution >= 4 is 23.2 Å². The van der Waals surface area contributed by atoms with Crippen molar-refractivity contribution in [2.45, 2.75) is 19.8 Å². The van der Waals surface area contributed by atoms with Gasteiger partial charge in [0.25, 0.3) is 0 Å². The number of aromatic nitrogens is 2. The molecule has 1 aliphatic heterocycles. The molecule has 0 radical (unpaired) electrons. The van der Waals surface area contributed by atoms with E-state index in [1.54, 1.807) is 12.1 Å². The molecule has 7 heteroatoms. The lowest BCUT2D eigenvalue weighted by atomic mass is 9.99. The largest absolute Gasteiger partial charge is 0.494 e. The average molecular weight is 342 g/mol. The van der Waals surface area contributed by atoms with Gasteiger partial charge in [0.05, 0.1) is 6.61 Å². The molecule has 0 bridgehead atoms. The van der Waals surface area contributed by atoms with E-state index >= 15 is 0 Å². The third-order valence-corrected chi connectivity index (χ3v) is 3.95. The lowest BCUT2D eigenvalue weighted by Gasteiger charge is -2.20. The zero-order chi connectivity index (χ0) is 17.5. The summed E-state index contributed by atoms with van der Waals surface area (Å²) in [5.74, 6) is 1.84.